The standard InChI is InChI=1S/C20H24N4O6/c1-11-6-4-5-7-20(11)18(26)24(19(27)21-20)9-16(25)28-10-15-22-23-17(30-15)14-8-12(2)29-13(14)3/h8,11H,4-7,9-10H2,1-3H3,(H,21,27)/t11-,20-/m0/s1. The van der Waals surface area contributed by atoms with Crippen LogP contribution in [0, 0.1) is 19.8 Å². The number of carbonyl (C=O) groups is 3. The van der Waals surface area contributed by atoms with Crippen LogP contribution in [0.15, 0.2) is 14.9 Å². The molecule has 10 nitrogen and oxygen atoms in total. The van der Waals surface area contributed by atoms with Crippen molar-refractivity contribution in [3.05, 3.63) is 23.5 Å². The molecular formula is C20H24N4O6. The van der Waals surface area contributed by atoms with Crippen LogP contribution in [0.3, 0.4) is 0 Å². The number of urea groups is 1. The number of esters is 1. The van der Waals surface area contributed by atoms with Crippen molar-refractivity contribution in [1.82, 2.24) is 20.4 Å². The Labute approximate surface area is 172 Å². The van der Waals surface area contributed by atoms with Crippen LogP contribution < -0.4 is 5.32 Å². The molecule has 1 spiro atoms. The molecule has 0 aromatic carbocycles. The van der Waals surface area contributed by atoms with Crippen LogP contribution >= 0.6 is 0 Å². The minimum absolute atomic E-state index is 0.0237. The third-order valence-electron chi connectivity index (χ3n) is 5.88. The van der Waals surface area contributed by atoms with Crippen LogP contribution in [0.2, 0.25) is 0 Å². The van der Waals surface area contributed by atoms with Crippen molar-refractivity contribution in [2.75, 3.05) is 6.54 Å². The second kappa shape index (κ2) is 7.58. The summed E-state index contributed by atoms with van der Waals surface area (Å²) >= 11 is 0. The molecule has 160 valence electrons. The minimum Gasteiger partial charge on any atom is -0.466 e. The van der Waals surface area contributed by atoms with Gasteiger partial charge in [-0.15, -0.1) is 10.2 Å². The van der Waals surface area contributed by atoms with Crippen LogP contribution in [-0.2, 0) is 20.9 Å². The quantitative estimate of drug-likeness (QED) is 0.582. The molecule has 2 fully saturated rings. The summed E-state index contributed by atoms with van der Waals surface area (Å²) < 4.78 is 16.1. The number of nitrogens with one attached hydrogen (secondary N) is 1. The van der Waals surface area contributed by atoms with Crippen LogP contribution in [0.5, 0.6) is 0 Å². The molecule has 2 aliphatic rings. The smallest absolute Gasteiger partial charge is 0.326 e. The third-order valence-corrected chi connectivity index (χ3v) is 5.88. The van der Waals surface area contributed by atoms with Crippen molar-refractivity contribution in [2.24, 2.45) is 5.92 Å². The molecule has 10 heteroatoms. The van der Waals surface area contributed by atoms with Gasteiger partial charge in [0.15, 0.2) is 6.61 Å². The van der Waals surface area contributed by atoms with Gasteiger partial charge in [0.2, 0.25) is 0 Å². The molecule has 0 radical (unpaired) electrons. The Balaban J connectivity index is 1.36. The molecule has 0 unspecified atom stereocenters. The minimum atomic E-state index is -0.905. The molecule has 1 aliphatic carbocycles. The van der Waals surface area contributed by atoms with E-state index in [4.69, 9.17) is 13.6 Å². The maximum Gasteiger partial charge on any atom is 0.326 e. The highest BCUT2D eigenvalue weighted by Crippen LogP contribution is 2.38. The summed E-state index contributed by atoms with van der Waals surface area (Å²) in [7, 11) is 0. The predicted octanol–water partition coefficient (Wildman–Crippen LogP) is 2.49. The second-order valence-electron chi connectivity index (χ2n) is 7.93. The Morgan fingerprint density at radius 1 is 1.30 bits per heavy atom. The molecule has 1 saturated carbocycles. The number of hydrogen-bond donors (Lipinski definition) is 1. The number of carbonyl (C=O) groups excluding carboxylic acids is 3. The highest BCUT2D eigenvalue weighted by Gasteiger charge is 2.55. The zero-order chi connectivity index (χ0) is 21.5. The van der Waals surface area contributed by atoms with Gasteiger partial charge in [-0.2, -0.15) is 0 Å². The zero-order valence-electron chi connectivity index (χ0n) is 17.2. The number of nitrogens with zero attached hydrogens (tertiary/aromatic N) is 3. The first-order valence-electron chi connectivity index (χ1n) is 9.99. The summed E-state index contributed by atoms with van der Waals surface area (Å²) in [6, 6.07) is 1.22. The molecule has 1 saturated heterocycles. The van der Waals surface area contributed by atoms with Gasteiger partial charge in [-0.3, -0.25) is 14.5 Å². The molecule has 4 rings (SSSR count). The van der Waals surface area contributed by atoms with E-state index >= 15 is 0 Å². The Morgan fingerprint density at radius 2 is 2.10 bits per heavy atom. The molecule has 1 N–H and O–H groups in total. The first-order valence-corrected chi connectivity index (χ1v) is 9.99. The number of aromatic nitrogens is 2. The van der Waals surface area contributed by atoms with Gasteiger partial charge in [-0.1, -0.05) is 19.8 Å². The average molecular weight is 416 g/mol. The number of amides is 3. The topological polar surface area (TPSA) is 128 Å². The highest BCUT2D eigenvalue weighted by molar-refractivity contribution is 6.08. The van der Waals surface area contributed by atoms with E-state index in [0.717, 1.165) is 24.2 Å². The van der Waals surface area contributed by atoms with E-state index in [9.17, 15) is 14.4 Å². The summed E-state index contributed by atoms with van der Waals surface area (Å²) in [5.41, 5.74) is -0.235. The summed E-state index contributed by atoms with van der Waals surface area (Å²) in [5, 5.41) is 10.6. The molecule has 30 heavy (non-hydrogen) atoms. The van der Waals surface area contributed by atoms with E-state index in [1.165, 1.54) is 0 Å². The Morgan fingerprint density at radius 3 is 2.80 bits per heavy atom. The molecule has 2 aromatic heterocycles. The van der Waals surface area contributed by atoms with Crippen LogP contribution in [0.4, 0.5) is 4.79 Å². The zero-order valence-corrected chi connectivity index (χ0v) is 17.2. The fourth-order valence-electron chi connectivity index (χ4n) is 4.22. The monoisotopic (exact) mass is 416 g/mol. The van der Waals surface area contributed by atoms with Gasteiger partial charge >= 0.3 is 12.0 Å². The predicted molar refractivity (Wildman–Crippen MR) is 102 cm³/mol. The maximum atomic E-state index is 12.9. The van der Waals surface area contributed by atoms with Gasteiger partial charge in [0.1, 0.15) is 23.6 Å². The van der Waals surface area contributed by atoms with Gasteiger partial charge in [-0.05, 0) is 38.7 Å². The maximum absolute atomic E-state index is 12.9. The lowest BCUT2D eigenvalue weighted by atomic mass is 9.73. The van der Waals surface area contributed by atoms with E-state index in [0.29, 0.717) is 23.5 Å². The summed E-state index contributed by atoms with van der Waals surface area (Å²) in [6.45, 7) is 4.83. The third kappa shape index (κ3) is 3.46. The fraction of sp³-hybridized carbons (Fsp3) is 0.550. The number of furan rings is 1. The largest absolute Gasteiger partial charge is 0.466 e. The van der Waals surface area contributed by atoms with Crippen LogP contribution in [0.1, 0.15) is 50.0 Å². The fourth-order valence-corrected chi connectivity index (χ4v) is 4.22. The van der Waals surface area contributed by atoms with Crippen molar-refractivity contribution in [3.63, 3.8) is 0 Å². The number of imide groups is 1. The normalized spacial score (nSPS) is 23.8. The summed E-state index contributed by atoms with van der Waals surface area (Å²) in [6.07, 6.45) is 3.34. The van der Waals surface area contributed by atoms with E-state index in [1.807, 2.05) is 13.8 Å². The number of hydrogen-bond acceptors (Lipinski definition) is 8. The van der Waals surface area contributed by atoms with Gasteiger partial charge in [0.05, 0.1) is 5.56 Å². The van der Waals surface area contributed by atoms with Crippen molar-refractivity contribution in [1.29, 1.82) is 0 Å². The van der Waals surface area contributed by atoms with E-state index in [2.05, 4.69) is 15.5 Å². The second-order valence-corrected chi connectivity index (χ2v) is 7.93. The highest BCUT2D eigenvalue weighted by atomic mass is 16.5. The molecule has 3 amide bonds. The average Bonchev–Trinajstić information content (AvgIpc) is 3.36. The van der Waals surface area contributed by atoms with Crippen molar-refractivity contribution in [3.8, 4) is 11.5 Å². The van der Waals surface area contributed by atoms with Crippen molar-refractivity contribution < 1.29 is 28.0 Å². The molecule has 3 heterocycles. The van der Waals surface area contributed by atoms with E-state index < -0.39 is 24.1 Å². The van der Waals surface area contributed by atoms with Gasteiger partial charge in [0, 0.05) is 0 Å². The lowest BCUT2D eigenvalue weighted by molar-refractivity contribution is -0.150. The van der Waals surface area contributed by atoms with E-state index in [-0.39, 0.29) is 30.2 Å². The first kappa shape index (κ1) is 20.1. The summed E-state index contributed by atoms with van der Waals surface area (Å²) in [4.78, 5) is 38.4. The van der Waals surface area contributed by atoms with Crippen LogP contribution in [0.25, 0.3) is 11.5 Å². The van der Waals surface area contributed by atoms with Crippen LogP contribution in [-0.4, -0.2) is 45.1 Å². The molecule has 0 bridgehead atoms. The Kier molecular flexibility index (Phi) is 5.08. The van der Waals surface area contributed by atoms with Gasteiger partial charge < -0.3 is 18.9 Å². The van der Waals surface area contributed by atoms with Gasteiger partial charge in [0.25, 0.3) is 17.7 Å². The van der Waals surface area contributed by atoms with Gasteiger partial charge in [-0.25, -0.2) is 4.79 Å². The summed E-state index contributed by atoms with van der Waals surface area (Å²) in [5.74, 6) is 0.660. The lowest BCUT2D eigenvalue weighted by Crippen LogP contribution is -2.54. The number of rotatable bonds is 5. The Hall–Kier alpha value is -3.17. The molecular weight excluding hydrogens is 392 g/mol. The number of ether oxygens (including phenoxy) is 1. The molecule has 2 aromatic rings. The van der Waals surface area contributed by atoms with E-state index in [1.54, 1.807) is 13.0 Å². The SMILES string of the molecule is Cc1cc(-c2nnc(COC(=O)CN3C(=O)N[C@]4(CCCC[C@@H]4C)C3=O)o2)c(C)o1. The lowest BCUT2D eigenvalue weighted by Gasteiger charge is -2.36. The first-order chi connectivity index (χ1) is 14.3. The molecule has 2 atom stereocenters. The number of aryl methyl sites for hydroxylation is 2. The molecule has 1 aliphatic heterocycles. The van der Waals surface area contributed by atoms with Crippen molar-refractivity contribution in [2.45, 2.75) is 58.6 Å². The Bertz CT molecular complexity index is 995. The van der Waals surface area contributed by atoms with Crippen molar-refractivity contribution >= 4 is 17.9 Å².